The van der Waals surface area contributed by atoms with Crippen LogP contribution in [-0.2, 0) is 4.79 Å². The lowest BCUT2D eigenvalue weighted by Gasteiger charge is -2.35. The van der Waals surface area contributed by atoms with Gasteiger partial charge in [-0.05, 0) is 58.8 Å². The van der Waals surface area contributed by atoms with Crippen molar-refractivity contribution in [1.82, 2.24) is 19.3 Å². The molecule has 0 saturated carbocycles. The highest BCUT2D eigenvalue weighted by molar-refractivity contribution is 6.19. The maximum Gasteiger partial charge on any atom is 0.407 e. The number of rotatable bonds is 4. The predicted octanol–water partition coefficient (Wildman–Crippen LogP) is 2.65. The molecule has 0 spiro atoms. The van der Waals surface area contributed by atoms with E-state index in [4.69, 9.17) is 4.99 Å². The molecule has 2 saturated heterocycles. The third-order valence-corrected chi connectivity index (χ3v) is 7.10. The van der Waals surface area contributed by atoms with Crippen LogP contribution in [0.5, 0.6) is 0 Å². The molecule has 0 radical (unpaired) electrons. The minimum absolute atomic E-state index is 0.184. The quantitative estimate of drug-likeness (QED) is 0.694. The molecule has 1 atom stereocenters. The van der Waals surface area contributed by atoms with E-state index in [2.05, 4.69) is 40.7 Å². The molecule has 1 unspecified atom stereocenters. The van der Waals surface area contributed by atoms with Gasteiger partial charge in [-0.15, -0.1) is 0 Å². The van der Waals surface area contributed by atoms with Gasteiger partial charge in [0.1, 0.15) is 17.1 Å². The van der Waals surface area contributed by atoms with Crippen LogP contribution >= 0.6 is 0 Å². The number of imide groups is 1. The molecule has 8 nitrogen and oxygen atoms in total. The van der Waals surface area contributed by atoms with Gasteiger partial charge < -0.3 is 4.90 Å². The summed E-state index contributed by atoms with van der Waals surface area (Å²) in [6.07, 6.45) is 3.63. The average Bonchev–Trinajstić information content (AvgIpc) is 3.29. The number of imidazole rings is 1. The number of fused-ring (bicyclic) bond motifs is 3. The highest BCUT2D eigenvalue weighted by atomic mass is 16.2. The molecule has 3 aliphatic rings. The maximum atomic E-state index is 13.6. The van der Waals surface area contributed by atoms with Crippen LogP contribution in [0.4, 0.5) is 10.7 Å². The number of hydrogen-bond donors (Lipinski definition) is 0. The van der Waals surface area contributed by atoms with Crippen molar-refractivity contribution in [3.63, 3.8) is 0 Å². The van der Waals surface area contributed by atoms with Crippen molar-refractivity contribution < 1.29 is 14.2 Å². The highest BCUT2D eigenvalue weighted by Gasteiger charge is 2.54. The number of aromatic nitrogens is 2. The second-order valence-electron chi connectivity index (χ2n) is 9.12. The molecule has 3 aliphatic heterocycles. The van der Waals surface area contributed by atoms with Crippen molar-refractivity contribution in [2.45, 2.75) is 46.1 Å². The number of carbonyl (C=O) groups excluding carboxylic acids is 2. The molecular weight excluding hydrogens is 404 g/mol. The number of aryl methyl sites for hydroxylation is 1. The molecule has 2 aromatic rings. The van der Waals surface area contributed by atoms with E-state index in [0.717, 1.165) is 36.7 Å². The minimum atomic E-state index is -0.598. The van der Waals surface area contributed by atoms with Crippen molar-refractivity contribution in [1.29, 1.82) is 0 Å². The van der Waals surface area contributed by atoms with Crippen LogP contribution in [0, 0.1) is 20.8 Å². The van der Waals surface area contributed by atoms with E-state index in [1.54, 1.807) is 11.9 Å². The van der Waals surface area contributed by atoms with Crippen LogP contribution in [-0.4, -0.2) is 70.3 Å². The number of urea groups is 1. The van der Waals surface area contributed by atoms with E-state index in [0.29, 0.717) is 18.3 Å². The summed E-state index contributed by atoms with van der Waals surface area (Å²) in [5.41, 5.74) is 4.20. The van der Waals surface area contributed by atoms with Crippen LogP contribution in [0.2, 0.25) is 0 Å². The normalized spacial score (nSPS) is 21.1. The molecule has 5 rings (SSSR count). The Labute approximate surface area is 188 Å². The van der Waals surface area contributed by atoms with Crippen LogP contribution < -0.4 is 4.57 Å². The Hall–Kier alpha value is -3.00. The Kier molecular flexibility index (Phi) is 5.12. The Morgan fingerprint density at radius 2 is 1.69 bits per heavy atom. The van der Waals surface area contributed by atoms with Crippen molar-refractivity contribution in [3.05, 3.63) is 41.2 Å². The number of nitrogens with zero attached hydrogens (tertiary/aromatic N) is 6. The van der Waals surface area contributed by atoms with Gasteiger partial charge in [-0.2, -0.15) is 4.57 Å². The molecule has 1 aromatic carbocycles. The van der Waals surface area contributed by atoms with Gasteiger partial charge in [-0.3, -0.25) is 14.6 Å². The number of aliphatic imine (C=N–C) groups is 1. The summed E-state index contributed by atoms with van der Waals surface area (Å²) in [5, 5.41) is 0. The van der Waals surface area contributed by atoms with Crippen molar-refractivity contribution in [3.8, 4) is 5.69 Å². The van der Waals surface area contributed by atoms with E-state index in [9.17, 15) is 9.59 Å². The summed E-state index contributed by atoms with van der Waals surface area (Å²) in [6, 6.07) is 7.38. The maximum absolute atomic E-state index is 13.6. The zero-order valence-corrected chi connectivity index (χ0v) is 19.3. The molecule has 0 aliphatic carbocycles. The largest absolute Gasteiger partial charge is 0.407 e. The van der Waals surface area contributed by atoms with Gasteiger partial charge in [0.2, 0.25) is 11.9 Å². The molecular formula is C24H31N6O2+. The second-order valence-corrected chi connectivity index (χ2v) is 9.12. The van der Waals surface area contributed by atoms with E-state index >= 15 is 0 Å². The standard InChI is InChI=1S/C24H31N6O2/c1-16-8-10-19(11-9-16)29-17(2)18(3)30-20-21(25-23(29)30)26(4)24(32)28(22(20)31)15-14-27-12-6-5-7-13-27/h8-11,20H,5-7,12-15H2,1-4H3/q+1. The predicted molar refractivity (Wildman–Crippen MR) is 121 cm³/mol. The Morgan fingerprint density at radius 1 is 1.00 bits per heavy atom. The molecule has 1 aromatic heterocycles. The molecule has 32 heavy (non-hydrogen) atoms. The topological polar surface area (TPSA) is 65.0 Å². The summed E-state index contributed by atoms with van der Waals surface area (Å²) in [6.45, 7) is 9.35. The number of benzene rings is 1. The van der Waals surface area contributed by atoms with Gasteiger partial charge in [0.05, 0.1) is 0 Å². The van der Waals surface area contributed by atoms with Gasteiger partial charge >= 0.3 is 12.0 Å². The molecule has 4 heterocycles. The zero-order valence-electron chi connectivity index (χ0n) is 19.3. The Bertz CT molecular complexity index is 1110. The fourth-order valence-corrected chi connectivity index (χ4v) is 5.07. The van der Waals surface area contributed by atoms with Crippen LogP contribution in [0.1, 0.15) is 42.3 Å². The molecule has 8 heteroatoms. The monoisotopic (exact) mass is 435 g/mol. The van der Waals surface area contributed by atoms with Gasteiger partial charge in [0.25, 0.3) is 5.91 Å². The number of carbonyl (C=O) groups is 2. The van der Waals surface area contributed by atoms with Crippen molar-refractivity contribution >= 4 is 23.7 Å². The SMILES string of the molecule is Cc1ccc(-n2c(C)c(C)[n+]3c2N=C2C3C(=O)N(CCN3CCCCC3)C(=O)N2C)cc1. The summed E-state index contributed by atoms with van der Waals surface area (Å²) >= 11 is 0. The first-order valence-electron chi connectivity index (χ1n) is 11.5. The lowest BCUT2D eigenvalue weighted by atomic mass is 10.1. The Morgan fingerprint density at radius 3 is 2.38 bits per heavy atom. The van der Waals surface area contributed by atoms with Crippen molar-refractivity contribution in [2.75, 3.05) is 33.2 Å². The first-order chi connectivity index (χ1) is 15.4. The zero-order chi connectivity index (χ0) is 22.6. The molecule has 2 fully saturated rings. The summed E-state index contributed by atoms with van der Waals surface area (Å²) in [5.74, 6) is 1.01. The summed E-state index contributed by atoms with van der Waals surface area (Å²) in [7, 11) is 1.72. The highest BCUT2D eigenvalue weighted by Crippen LogP contribution is 2.33. The van der Waals surface area contributed by atoms with E-state index in [1.165, 1.54) is 29.7 Å². The van der Waals surface area contributed by atoms with E-state index < -0.39 is 6.04 Å². The molecule has 3 amide bonds. The average molecular weight is 436 g/mol. The van der Waals surface area contributed by atoms with Crippen LogP contribution in [0.25, 0.3) is 5.69 Å². The number of piperidine rings is 1. The van der Waals surface area contributed by atoms with Gasteiger partial charge in [0.15, 0.2) is 0 Å². The fraction of sp³-hybridized carbons (Fsp3) is 0.500. The van der Waals surface area contributed by atoms with Crippen molar-refractivity contribution in [2.24, 2.45) is 4.99 Å². The third kappa shape index (κ3) is 3.16. The summed E-state index contributed by atoms with van der Waals surface area (Å²) < 4.78 is 4.06. The lowest BCUT2D eigenvalue weighted by Crippen LogP contribution is -2.64. The van der Waals surface area contributed by atoms with E-state index in [1.807, 2.05) is 18.4 Å². The number of likely N-dealkylation sites (tertiary alicyclic amines) is 1. The van der Waals surface area contributed by atoms with Gasteiger partial charge in [-0.1, -0.05) is 29.1 Å². The lowest BCUT2D eigenvalue weighted by molar-refractivity contribution is -0.682. The van der Waals surface area contributed by atoms with Crippen LogP contribution in [0.3, 0.4) is 0 Å². The number of amides is 3. The third-order valence-electron chi connectivity index (χ3n) is 7.10. The second kappa shape index (κ2) is 7.85. The van der Waals surface area contributed by atoms with Gasteiger partial charge in [-0.25, -0.2) is 9.36 Å². The molecule has 0 bridgehead atoms. The van der Waals surface area contributed by atoms with E-state index in [-0.39, 0.29) is 11.9 Å². The summed E-state index contributed by atoms with van der Waals surface area (Å²) in [4.78, 5) is 36.8. The fourth-order valence-electron chi connectivity index (χ4n) is 5.07. The number of likely N-dealkylation sites (N-methyl/N-ethyl adjacent to an activating group) is 1. The number of amidine groups is 1. The number of hydrogen-bond acceptors (Lipinski definition) is 4. The molecule has 0 N–H and O–H groups in total. The minimum Gasteiger partial charge on any atom is -0.302 e. The first-order valence-corrected chi connectivity index (χ1v) is 11.5. The van der Waals surface area contributed by atoms with Crippen LogP contribution in [0.15, 0.2) is 29.3 Å². The Balaban J connectivity index is 1.50. The molecule has 168 valence electrons. The first kappa shape index (κ1) is 20.9. The van der Waals surface area contributed by atoms with Gasteiger partial charge in [0, 0.05) is 20.1 Å². The smallest absolute Gasteiger partial charge is 0.302 e.